The average molecular weight is 1850 g/mol. The van der Waals surface area contributed by atoms with Gasteiger partial charge in [0.25, 0.3) is 0 Å². The van der Waals surface area contributed by atoms with Crippen molar-refractivity contribution in [3.05, 3.63) is 463 Å². The molecule has 22 rings (SSSR count). The minimum atomic E-state index is -0.193. The third kappa shape index (κ3) is 28.4. The van der Waals surface area contributed by atoms with Gasteiger partial charge in [-0.2, -0.15) is 20.4 Å². The summed E-state index contributed by atoms with van der Waals surface area (Å²) in [6.07, 6.45) is 14.9. The summed E-state index contributed by atoms with van der Waals surface area (Å²) < 4.78 is 39.2. The molecule has 1 aliphatic rings. The molecule has 0 radical (unpaired) electrons. The number of hydrogen-bond donors (Lipinski definition) is 0. The van der Waals surface area contributed by atoms with Crippen LogP contribution in [0.4, 0.5) is 14.7 Å². The molecule has 704 valence electrons. The van der Waals surface area contributed by atoms with Gasteiger partial charge in [-0.05, 0) is 239 Å². The molecule has 0 atom stereocenters. The molecule has 140 heavy (non-hydrogen) atoms. The Balaban J connectivity index is 0.000000126. The van der Waals surface area contributed by atoms with Crippen LogP contribution in [0, 0.1) is 73.9 Å². The zero-order valence-corrected chi connectivity index (χ0v) is 82.5. The number of aryl methyl sites for hydroxylation is 13. The molecule has 0 unspecified atom stereocenters. The summed E-state index contributed by atoms with van der Waals surface area (Å²) in [6.45, 7) is 27.9. The van der Waals surface area contributed by atoms with Crippen LogP contribution in [0.2, 0.25) is 0 Å². The number of ether oxygens (including phenoxy) is 1. The Morgan fingerprint density at radius 1 is 0.293 bits per heavy atom. The predicted molar refractivity (Wildman–Crippen MR) is 574 cm³/mol. The van der Waals surface area contributed by atoms with Crippen molar-refractivity contribution in [2.75, 3.05) is 31.1 Å². The molecule has 0 N–H and O–H groups in total. The van der Waals surface area contributed by atoms with Gasteiger partial charge in [-0.25, -0.2) is 23.7 Å². The van der Waals surface area contributed by atoms with Gasteiger partial charge in [-0.1, -0.05) is 277 Å². The number of halogens is 2. The third-order valence-electron chi connectivity index (χ3n) is 23.9. The van der Waals surface area contributed by atoms with Crippen molar-refractivity contribution >= 4 is 49.6 Å². The molecule has 8 aromatic heterocycles. The van der Waals surface area contributed by atoms with Gasteiger partial charge in [-0.15, -0.1) is 0 Å². The lowest BCUT2D eigenvalue weighted by molar-refractivity contribution is 0.208. The summed E-state index contributed by atoms with van der Waals surface area (Å²) in [5, 5.41) is 21.7. The first kappa shape index (κ1) is 99.7. The van der Waals surface area contributed by atoms with Crippen LogP contribution in [-0.2, 0) is 34.8 Å². The summed E-state index contributed by atoms with van der Waals surface area (Å²) in [7, 11) is 7.85. The molecule has 0 aliphatic carbocycles. The molecule has 18 heteroatoms. The van der Waals surface area contributed by atoms with E-state index < -0.39 is 0 Å². The molecule has 1 aliphatic heterocycles. The second kappa shape index (κ2) is 48.9. The summed E-state index contributed by atoms with van der Waals surface area (Å²) in [6, 6.07) is 116. The van der Waals surface area contributed by atoms with E-state index in [-0.39, 0.29) is 11.6 Å². The highest BCUT2D eigenvalue weighted by atomic mass is 19.1. The molecule has 1 saturated heterocycles. The van der Waals surface area contributed by atoms with Crippen molar-refractivity contribution in [1.29, 1.82) is 0 Å². The van der Waals surface area contributed by atoms with E-state index >= 15 is 0 Å². The molecule has 0 saturated carbocycles. The summed E-state index contributed by atoms with van der Waals surface area (Å²) in [5.41, 5.74) is 32.3. The first-order valence-electron chi connectivity index (χ1n) is 47.2. The largest absolute Gasteiger partial charge is 0.473 e. The van der Waals surface area contributed by atoms with Crippen LogP contribution in [0.5, 0.6) is 5.88 Å². The molecule has 16 nitrogen and oxygen atoms in total. The van der Waals surface area contributed by atoms with E-state index in [2.05, 4.69) is 292 Å². The highest BCUT2D eigenvalue weighted by Gasteiger charge is 2.21. The van der Waals surface area contributed by atoms with Crippen LogP contribution in [0.25, 0.3) is 122 Å². The lowest BCUT2D eigenvalue weighted by Gasteiger charge is -2.36. The number of rotatable bonds is 12. The van der Waals surface area contributed by atoms with Crippen molar-refractivity contribution in [2.45, 2.75) is 88.8 Å². The molecule has 1 fully saturated rings. The maximum absolute atomic E-state index is 13.4. The topological polar surface area (TPSA) is 151 Å². The highest BCUT2D eigenvalue weighted by Crippen LogP contribution is 2.31. The monoisotopic (exact) mass is 1850 g/mol. The van der Waals surface area contributed by atoms with Crippen LogP contribution >= 0.6 is 0 Å². The van der Waals surface area contributed by atoms with E-state index in [9.17, 15) is 8.78 Å². The Hall–Kier alpha value is -16.3. The molecular formula is C122H121F2N15O. The van der Waals surface area contributed by atoms with Crippen molar-refractivity contribution in [2.24, 2.45) is 28.2 Å². The quantitative estimate of drug-likeness (QED) is 0.114. The van der Waals surface area contributed by atoms with E-state index in [1.54, 1.807) is 30.5 Å². The van der Waals surface area contributed by atoms with Crippen molar-refractivity contribution in [3.8, 4) is 84.0 Å². The lowest BCUT2D eigenvalue weighted by atomic mass is 10.0. The molecule has 9 heterocycles. The Bertz CT molecular complexity index is 7340. The van der Waals surface area contributed by atoms with Gasteiger partial charge < -0.3 is 9.64 Å². The molecular weight excluding hydrogens is 1730 g/mol. The number of aromatic nitrogens is 13. The minimum Gasteiger partial charge on any atom is -0.473 e. The standard InChI is InChI=1S/2C15H14N2.2C14H13N3.2C13H11F.C13H13NO.C13H12.C12H20N4/c1-11-4-3-5-12(8-11)13-6-7-15-14(9-13)10-16-17(15)2;1-11-4-3-5-12(8-11)13-6-7-14-10-16-17(2)15(14)9-13;1-10-5-6-15-13(7-10)11-3-4-14-12(8-11)9-16-17(14)2;1-10-5-6-15-13(7-10)11-3-4-12-9-16-17(2)14(12)8-11;1-10-5-4-6-11(9-10)12-7-2-3-8-13(12)14;1-10-3-2-4-12(9-10)11-5-7-13(14)8-6-11;1-11-7-8-14-13(9-11)15-10-12-5-3-2-4-6-12;1-11-6-5-9-13(10-11)12-7-3-2-4-8-12;1-10(2)15-6-8-16(9-7-15)12-13-5-4-11(3)14-12/h2*3-10H,1-2H3;2*3-9H,1-2H3;2*2-9H,1H3;2-9H,10H2,1H3;2-10H,1H3;4-5,10H,6-9H2,1-3H3. The molecule has 21 aromatic rings. The highest BCUT2D eigenvalue weighted by molar-refractivity contribution is 5.87. The Labute approximate surface area is 821 Å². The number of anilines is 1. The maximum Gasteiger partial charge on any atom is 0.225 e. The van der Waals surface area contributed by atoms with Crippen LogP contribution in [0.15, 0.2) is 395 Å². The number of fused-ring (bicyclic) bond motifs is 4. The van der Waals surface area contributed by atoms with Crippen LogP contribution in [0.3, 0.4) is 0 Å². The smallest absolute Gasteiger partial charge is 0.225 e. The first-order valence-corrected chi connectivity index (χ1v) is 47.2. The van der Waals surface area contributed by atoms with Gasteiger partial charge >= 0.3 is 0 Å². The van der Waals surface area contributed by atoms with Crippen LogP contribution in [0.1, 0.15) is 69.6 Å². The normalized spacial score (nSPS) is 11.4. The summed E-state index contributed by atoms with van der Waals surface area (Å²) in [5.74, 6) is 1.20. The average Bonchev–Trinajstić information content (AvgIpc) is 1.70. The van der Waals surface area contributed by atoms with Crippen molar-refractivity contribution in [3.63, 3.8) is 0 Å². The summed E-state index contributed by atoms with van der Waals surface area (Å²) >= 11 is 0. The SMILES string of the molecule is Cc1cccc(-c2ccc(F)cc2)c1.Cc1cccc(-c2ccc3c(cnn3C)c2)c1.Cc1cccc(-c2ccc3cnn(C)c3c2)c1.Cc1cccc(-c2ccccc2)c1.Cc1cccc(-c2ccccc2F)c1.Cc1ccnc(-c2ccc3c(cnn3C)c2)c1.Cc1ccnc(-c2ccc3cnn(C)c3c2)c1.Cc1ccnc(N2CCN(C(C)C)CC2)n1.Cc1ccnc(OCc2ccccc2)c1. The fourth-order valence-corrected chi connectivity index (χ4v) is 16.1. The molecule has 13 aromatic carbocycles. The van der Waals surface area contributed by atoms with E-state index in [0.717, 1.165) is 116 Å². The fraction of sp³-hybridized carbons (Fsp3) is 0.172. The third-order valence-corrected chi connectivity index (χ3v) is 23.9. The van der Waals surface area contributed by atoms with E-state index in [1.165, 1.54) is 107 Å². The van der Waals surface area contributed by atoms with Gasteiger partial charge in [0, 0.05) is 135 Å². The summed E-state index contributed by atoms with van der Waals surface area (Å²) in [4.78, 5) is 26.5. The fourth-order valence-electron chi connectivity index (χ4n) is 16.1. The minimum absolute atomic E-state index is 0.168. The first-order chi connectivity index (χ1) is 67.8. The number of nitrogens with zero attached hydrogens (tertiary/aromatic N) is 15. The zero-order valence-electron chi connectivity index (χ0n) is 82.5. The van der Waals surface area contributed by atoms with Gasteiger partial charge in [0.05, 0.1) is 58.2 Å². The van der Waals surface area contributed by atoms with Crippen LogP contribution < -0.4 is 9.64 Å². The number of piperazine rings is 1. The van der Waals surface area contributed by atoms with E-state index in [0.29, 0.717) is 24.1 Å². The van der Waals surface area contributed by atoms with E-state index in [4.69, 9.17) is 4.74 Å². The Morgan fingerprint density at radius 2 is 0.657 bits per heavy atom. The van der Waals surface area contributed by atoms with Gasteiger partial charge in [0.2, 0.25) is 11.8 Å². The predicted octanol–water partition coefficient (Wildman–Crippen LogP) is 28.5. The molecule has 0 spiro atoms. The van der Waals surface area contributed by atoms with Gasteiger partial charge in [0.15, 0.2) is 0 Å². The Morgan fingerprint density at radius 3 is 1.14 bits per heavy atom. The van der Waals surface area contributed by atoms with E-state index in [1.807, 2.05) is 233 Å². The van der Waals surface area contributed by atoms with Gasteiger partial charge in [-0.3, -0.25) is 33.6 Å². The molecule has 0 amide bonds. The van der Waals surface area contributed by atoms with Crippen LogP contribution in [-0.4, -0.2) is 101 Å². The lowest BCUT2D eigenvalue weighted by Crippen LogP contribution is -2.49. The van der Waals surface area contributed by atoms with Crippen molar-refractivity contribution < 1.29 is 13.5 Å². The second-order valence-electron chi connectivity index (χ2n) is 35.4. The number of pyridine rings is 3. The Kier molecular flexibility index (Phi) is 34.8. The maximum atomic E-state index is 13.4. The second-order valence-corrected chi connectivity index (χ2v) is 35.4. The number of benzene rings is 13. The van der Waals surface area contributed by atoms with Crippen molar-refractivity contribution in [1.82, 2.24) is 68.9 Å². The molecule has 0 bridgehead atoms. The number of hydrogen-bond acceptors (Lipinski definition) is 12. The zero-order chi connectivity index (χ0) is 98.4. The van der Waals surface area contributed by atoms with Gasteiger partial charge in [0.1, 0.15) is 18.2 Å².